The summed E-state index contributed by atoms with van der Waals surface area (Å²) in [6.07, 6.45) is -0.299. The van der Waals surface area contributed by atoms with Gasteiger partial charge in [-0.1, -0.05) is 20.8 Å². The van der Waals surface area contributed by atoms with Crippen molar-refractivity contribution in [3.05, 3.63) is 27.7 Å². The van der Waals surface area contributed by atoms with Gasteiger partial charge in [0.05, 0.1) is 19.3 Å². The minimum Gasteiger partial charge on any atom is -0.491 e. The van der Waals surface area contributed by atoms with Gasteiger partial charge < -0.3 is 20.3 Å². The van der Waals surface area contributed by atoms with Crippen LogP contribution in [0.25, 0.3) is 0 Å². The molecular formula is C15H25N3O4Si. The lowest BCUT2D eigenvalue weighted by molar-refractivity contribution is 0.0988. The van der Waals surface area contributed by atoms with Crippen molar-refractivity contribution >= 4 is 14.2 Å². The molecule has 2 rings (SSSR count). The third kappa shape index (κ3) is 3.00. The minimum absolute atomic E-state index is 0.0244. The summed E-state index contributed by atoms with van der Waals surface area (Å²) >= 11 is 0. The van der Waals surface area contributed by atoms with Gasteiger partial charge in [0.1, 0.15) is 6.10 Å². The number of methoxy groups -OCH3 is 1. The zero-order chi connectivity index (χ0) is 17.6. The summed E-state index contributed by atoms with van der Waals surface area (Å²) in [6.45, 7) is 11.2. The highest BCUT2D eigenvalue weighted by Crippen LogP contribution is 2.40. The van der Waals surface area contributed by atoms with Gasteiger partial charge in [-0.05, 0) is 18.1 Å². The highest BCUT2D eigenvalue weighted by Gasteiger charge is 2.41. The summed E-state index contributed by atoms with van der Waals surface area (Å²) in [4.78, 5) is 24.0. The van der Waals surface area contributed by atoms with Crippen LogP contribution in [0.2, 0.25) is 18.1 Å². The molecule has 0 fully saturated rings. The lowest BCUT2D eigenvalue weighted by Crippen LogP contribution is -2.42. The second-order valence-corrected chi connectivity index (χ2v) is 12.0. The predicted octanol–water partition coefficient (Wildman–Crippen LogP) is 1.58. The molecule has 1 aliphatic heterocycles. The molecule has 1 aromatic rings. The average molecular weight is 339 g/mol. The van der Waals surface area contributed by atoms with Crippen LogP contribution < -0.4 is 21.3 Å². The number of fused-ring (bicyclic) bond motifs is 1. The van der Waals surface area contributed by atoms with Crippen LogP contribution in [0.15, 0.2) is 10.9 Å². The van der Waals surface area contributed by atoms with E-state index in [1.54, 1.807) is 0 Å². The predicted molar refractivity (Wildman–Crippen MR) is 91.0 cm³/mol. The molecule has 7 nitrogen and oxygen atoms in total. The number of ether oxygens (including phenoxy) is 1. The Morgan fingerprint density at radius 1 is 1.43 bits per heavy atom. The summed E-state index contributed by atoms with van der Waals surface area (Å²) in [7, 11) is -0.683. The van der Waals surface area contributed by atoms with Crippen LogP contribution in [0.1, 0.15) is 43.1 Å². The molecule has 2 heterocycles. The summed E-state index contributed by atoms with van der Waals surface area (Å²) in [5.74, 6) is -0.775. The number of amides is 1. The van der Waals surface area contributed by atoms with Gasteiger partial charge in [0.2, 0.25) is 5.43 Å². The van der Waals surface area contributed by atoms with E-state index in [9.17, 15) is 9.59 Å². The molecule has 1 unspecified atom stereocenters. The largest absolute Gasteiger partial charge is 0.491 e. The Bertz CT molecular complexity index is 691. The van der Waals surface area contributed by atoms with E-state index in [0.29, 0.717) is 12.2 Å². The van der Waals surface area contributed by atoms with E-state index in [1.165, 1.54) is 17.9 Å². The molecule has 1 aliphatic rings. The maximum absolute atomic E-state index is 12.2. The van der Waals surface area contributed by atoms with Gasteiger partial charge in [0, 0.05) is 6.07 Å². The molecule has 0 aromatic carbocycles. The van der Waals surface area contributed by atoms with Crippen LogP contribution >= 0.6 is 0 Å². The third-order valence-corrected chi connectivity index (χ3v) is 9.13. The van der Waals surface area contributed by atoms with E-state index in [0.717, 1.165) is 0 Å². The Morgan fingerprint density at radius 3 is 2.52 bits per heavy atom. The summed E-state index contributed by atoms with van der Waals surface area (Å²) in [5.41, 5.74) is 8.75. The first-order chi connectivity index (χ1) is 10.5. The van der Waals surface area contributed by atoms with Crippen LogP contribution in [0.5, 0.6) is 5.75 Å². The summed E-state index contributed by atoms with van der Waals surface area (Å²) in [5, 5.41) is 0.0414. The first-order valence-corrected chi connectivity index (χ1v) is 10.5. The molecule has 23 heavy (non-hydrogen) atoms. The van der Waals surface area contributed by atoms with E-state index in [-0.39, 0.29) is 28.0 Å². The fourth-order valence-electron chi connectivity index (χ4n) is 2.35. The van der Waals surface area contributed by atoms with Gasteiger partial charge in [0.15, 0.2) is 19.8 Å². The van der Waals surface area contributed by atoms with E-state index in [4.69, 9.17) is 14.9 Å². The highest BCUT2D eigenvalue weighted by molar-refractivity contribution is 6.74. The first kappa shape index (κ1) is 17.5. The minimum atomic E-state index is -2.03. The molecule has 0 saturated carbocycles. The van der Waals surface area contributed by atoms with E-state index >= 15 is 0 Å². The molecule has 0 aliphatic carbocycles. The zero-order valence-electron chi connectivity index (χ0n) is 14.5. The zero-order valence-corrected chi connectivity index (χ0v) is 15.5. The van der Waals surface area contributed by atoms with Crippen LogP contribution in [0.3, 0.4) is 0 Å². The first-order valence-electron chi connectivity index (χ1n) is 7.55. The van der Waals surface area contributed by atoms with Gasteiger partial charge in [-0.3, -0.25) is 14.3 Å². The third-order valence-electron chi connectivity index (χ3n) is 4.64. The molecule has 1 atom stereocenters. The standard InChI is InChI=1S/C15H25N3O4Si/c1-15(2,3)23(5,6)22-11-8-17-18-9(11)7-10(19)13(21-4)12(18)14(16)20/h7,11,17H,8H2,1-6H3,(H2,16,20). The number of hydrogen-bond acceptors (Lipinski definition) is 5. The number of pyridine rings is 1. The topological polar surface area (TPSA) is 95.6 Å². The molecule has 0 spiro atoms. The number of nitrogens with two attached hydrogens (primary N) is 1. The van der Waals surface area contributed by atoms with Crippen LogP contribution in [-0.4, -0.2) is 32.6 Å². The summed E-state index contributed by atoms with van der Waals surface area (Å²) < 4.78 is 12.9. The van der Waals surface area contributed by atoms with Gasteiger partial charge in [-0.25, -0.2) is 0 Å². The van der Waals surface area contributed by atoms with Gasteiger partial charge in [-0.2, -0.15) is 0 Å². The molecule has 8 heteroatoms. The molecular weight excluding hydrogens is 314 g/mol. The van der Waals surface area contributed by atoms with Crippen molar-refractivity contribution in [3.63, 3.8) is 0 Å². The monoisotopic (exact) mass is 339 g/mol. The van der Waals surface area contributed by atoms with Crippen molar-refractivity contribution in [2.24, 2.45) is 5.73 Å². The number of carbonyl (C=O) groups is 1. The van der Waals surface area contributed by atoms with Crippen molar-refractivity contribution in [1.29, 1.82) is 0 Å². The van der Waals surface area contributed by atoms with Crippen LogP contribution in [0.4, 0.5) is 0 Å². The van der Waals surface area contributed by atoms with Gasteiger partial charge >= 0.3 is 0 Å². The van der Waals surface area contributed by atoms with Gasteiger partial charge in [-0.15, -0.1) is 0 Å². The SMILES string of the molecule is COc1c(C(N)=O)n2c(cc1=O)C(O[Si](C)(C)C(C)(C)C)CN2. The Morgan fingerprint density at radius 2 is 2.04 bits per heavy atom. The molecule has 128 valence electrons. The molecule has 1 aromatic heterocycles. The van der Waals surface area contributed by atoms with Crippen molar-refractivity contribution in [3.8, 4) is 5.75 Å². The average Bonchev–Trinajstić information content (AvgIpc) is 2.77. The van der Waals surface area contributed by atoms with Crippen molar-refractivity contribution in [2.75, 3.05) is 19.1 Å². The Labute approximate surface area is 136 Å². The number of aromatic nitrogens is 1. The van der Waals surface area contributed by atoms with Crippen molar-refractivity contribution in [2.45, 2.75) is 45.0 Å². The molecule has 3 N–H and O–H groups in total. The van der Waals surface area contributed by atoms with Crippen molar-refractivity contribution in [1.82, 2.24) is 4.68 Å². The molecule has 0 radical (unpaired) electrons. The number of nitrogens with zero attached hydrogens (tertiary/aromatic N) is 1. The normalized spacial score (nSPS) is 17.6. The molecule has 1 amide bonds. The molecule has 0 saturated heterocycles. The number of hydrogen-bond donors (Lipinski definition) is 2. The second kappa shape index (κ2) is 5.68. The Kier molecular flexibility index (Phi) is 4.33. The maximum atomic E-state index is 12.2. The Hall–Kier alpha value is -1.80. The van der Waals surface area contributed by atoms with E-state index in [2.05, 4.69) is 39.3 Å². The maximum Gasteiger partial charge on any atom is 0.271 e. The van der Waals surface area contributed by atoms with Crippen molar-refractivity contribution < 1.29 is 14.0 Å². The fourth-order valence-corrected chi connectivity index (χ4v) is 3.62. The molecule has 0 bridgehead atoms. The Balaban J connectivity index is 2.50. The lowest BCUT2D eigenvalue weighted by atomic mass is 10.2. The smallest absolute Gasteiger partial charge is 0.271 e. The quantitative estimate of drug-likeness (QED) is 0.812. The highest BCUT2D eigenvalue weighted by atomic mass is 28.4. The number of nitrogens with one attached hydrogen (secondary N) is 1. The van der Waals surface area contributed by atoms with Gasteiger partial charge in [0.25, 0.3) is 5.91 Å². The summed E-state index contributed by atoms with van der Waals surface area (Å²) in [6, 6.07) is 1.45. The van der Waals surface area contributed by atoms with Crippen LogP contribution in [-0.2, 0) is 4.43 Å². The van der Waals surface area contributed by atoms with E-state index < -0.39 is 14.2 Å². The number of carbonyl (C=O) groups excluding carboxylic acids is 1. The second-order valence-electron chi connectivity index (χ2n) is 7.24. The number of primary amides is 1. The fraction of sp³-hybridized carbons (Fsp3) is 0.600. The lowest BCUT2D eigenvalue weighted by Gasteiger charge is -2.38. The number of rotatable bonds is 4. The van der Waals surface area contributed by atoms with E-state index in [1.807, 2.05) is 0 Å². The van der Waals surface area contributed by atoms with Crippen LogP contribution in [0, 0.1) is 0 Å².